The van der Waals surface area contributed by atoms with Crippen molar-refractivity contribution in [2.24, 2.45) is 5.92 Å². The van der Waals surface area contributed by atoms with Crippen LogP contribution in [0.1, 0.15) is 34.1 Å². The van der Waals surface area contributed by atoms with E-state index in [2.05, 4.69) is 0 Å². The van der Waals surface area contributed by atoms with Crippen LogP contribution in [-0.4, -0.2) is 29.4 Å². The summed E-state index contributed by atoms with van der Waals surface area (Å²) in [5.74, 6) is -0.0614. The fraction of sp³-hybridized carbons (Fsp3) is 0.429. The number of carbonyl (C=O) groups excluding carboxylic acids is 1. The second-order valence-electron chi connectivity index (χ2n) is 7.76. The average molecular weight is 388 g/mol. The first-order chi connectivity index (χ1) is 13.1. The highest BCUT2D eigenvalue weighted by Gasteiger charge is 2.32. The van der Waals surface area contributed by atoms with E-state index in [1.165, 1.54) is 26.2 Å². The summed E-state index contributed by atoms with van der Waals surface area (Å²) in [5.41, 5.74) is -1.21. The summed E-state index contributed by atoms with van der Waals surface area (Å²) in [5, 5.41) is 11.9. The maximum atomic E-state index is 12.1. The van der Waals surface area contributed by atoms with E-state index >= 15 is 0 Å². The van der Waals surface area contributed by atoms with Crippen LogP contribution in [0, 0.1) is 5.92 Å². The molecule has 0 saturated carbocycles. The number of hydrogen-bond acceptors (Lipinski definition) is 7. The highest BCUT2D eigenvalue weighted by molar-refractivity contribution is 5.99. The topological polar surface area (TPSA) is 99.1 Å². The number of hydrogen-bond donors (Lipinski definition) is 1. The Morgan fingerprint density at radius 1 is 1.18 bits per heavy atom. The Hall–Kier alpha value is -2.80. The first-order valence-corrected chi connectivity index (χ1v) is 9.14. The van der Waals surface area contributed by atoms with Crippen molar-refractivity contribution in [1.82, 2.24) is 0 Å². The maximum absolute atomic E-state index is 12.1. The van der Waals surface area contributed by atoms with E-state index in [-0.39, 0.29) is 30.3 Å². The minimum atomic E-state index is -1.33. The molecule has 0 bridgehead atoms. The lowest BCUT2D eigenvalue weighted by Crippen LogP contribution is -2.44. The van der Waals surface area contributed by atoms with Crippen LogP contribution in [0.5, 0.6) is 5.75 Å². The molecule has 0 fully saturated rings. The van der Waals surface area contributed by atoms with Crippen LogP contribution >= 0.6 is 0 Å². The molecule has 0 aliphatic carbocycles. The third-order valence-electron chi connectivity index (χ3n) is 4.30. The molecule has 1 atom stereocenters. The van der Waals surface area contributed by atoms with Gasteiger partial charge in [-0.25, -0.2) is 4.79 Å². The lowest BCUT2D eigenvalue weighted by Gasteiger charge is -2.29. The molecule has 0 aliphatic heterocycles. The molecule has 0 radical (unpaired) electrons. The van der Waals surface area contributed by atoms with Gasteiger partial charge in [-0.3, -0.25) is 4.79 Å². The quantitative estimate of drug-likeness (QED) is 0.487. The molecule has 1 aromatic carbocycles. The van der Waals surface area contributed by atoms with E-state index in [1.54, 1.807) is 12.1 Å². The summed E-state index contributed by atoms with van der Waals surface area (Å²) in [7, 11) is 0. The first-order valence-electron chi connectivity index (χ1n) is 9.14. The molecule has 0 unspecified atom stereocenters. The largest absolute Gasteiger partial charge is 0.482 e. The monoisotopic (exact) mass is 388 g/mol. The van der Waals surface area contributed by atoms with Crippen LogP contribution in [0.15, 0.2) is 44.2 Å². The summed E-state index contributed by atoms with van der Waals surface area (Å²) in [6, 6.07) is 6.55. The van der Waals surface area contributed by atoms with Gasteiger partial charge in [0.05, 0.1) is 11.9 Å². The lowest BCUT2D eigenvalue weighted by molar-refractivity contribution is -0.166. The Balaban J connectivity index is 1.93. The van der Waals surface area contributed by atoms with Crippen LogP contribution in [-0.2, 0) is 9.53 Å². The van der Waals surface area contributed by atoms with Gasteiger partial charge < -0.3 is 23.4 Å². The van der Waals surface area contributed by atoms with Crippen molar-refractivity contribution < 1.29 is 28.2 Å². The molecular formula is C21H24O7. The number of furan rings is 1. The highest BCUT2D eigenvalue weighted by Crippen LogP contribution is 2.35. The van der Waals surface area contributed by atoms with Crippen molar-refractivity contribution in [3.8, 4) is 5.75 Å². The molecule has 2 heterocycles. The predicted molar refractivity (Wildman–Crippen MR) is 103 cm³/mol. The minimum absolute atomic E-state index is 0.131. The summed E-state index contributed by atoms with van der Waals surface area (Å²) in [4.78, 5) is 23.8. The molecule has 0 saturated heterocycles. The molecule has 1 N–H and O–H groups in total. The van der Waals surface area contributed by atoms with Crippen molar-refractivity contribution in [1.29, 1.82) is 0 Å². The Morgan fingerprint density at radius 3 is 2.57 bits per heavy atom. The van der Waals surface area contributed by atoms with Gasteiger partial charge in [-0.2, -0.15) is 0 Å². The molecule has 0 aliphatic rings. The third kappa shape index (κ3) is 4.36. The summed E-state index contributed by atoms with van der Waals surface area (Å²) in [6.45, 7) is 6.75. The predicted octanol–water partition coefficient (Wildman–Crippen LogP) is 3.65. The van der Waals surface area contributed by atoms with Crippen molar-refractivity contribution in [2.45, 2.75) is 45.8 Å². The van der Waals surface area contributed by atoms with Gasteiger partial charge in [0.2, 0.25) is 5.75 Å². The number of fused-ring (bicyclic) bond motifs is 2. The van der Waals surface area contributed by atoms with E-state index in [1.807, 2.05) is 19.9 Å². The van der Waals surface area contributed by atoms with Crippen LogP contribution in [0.2, 0.25) is 0 Å². The van der Waals surface area contributed by atoms with Gasteiger partial charge in [0, 0.05) is 23.3 Å². The van der Waals surface area contributed by atoms with Crippen LogP contribution in [0.3, 0.4) is 0 Å². The summed E-state index contributed by atoms with van der Waals surface area (Å²) in [6.07, 6.45) is 0.817. The second kappa shape index (κ2) is 7.67. The smallest absolute Gasteiger partial charge is 0.336 e. The first kappa shape index (κ1) is 19.9. The van der Waals surface area contributed by atoms with Crippen molar-refractivity contribution in [3.63, 3.8) is 0 Å². The molecular weight excluding hydrogens is 364 g/mol. The fourth-order valence-corrected chi connectivity index (χ4v) is 2.82. The number of ether oxygens (including phenoxy) is 2. The number of benzene rings is 1. The molecule has 7 nitrogen and oxygen atoms in total. The van der Waals surface area contributed by atoms with Crippen molar-refractivity contribution in [3.05, 3.63) is 40.9 Å². The standard InChI is InChI=1S/C21H24O7/c1-12(2)9-17(23)27-15(21(3,4)24)11-26-20-18-14(7-8-25-18)10-13-5-6-16(22)28-19(13)20/h5-8,10,12,15,24H,9,11H2,1-4H3/t15-/m1/s1. The number of aliphatic hydroxyl groups is 1. The zero-order valence-corrected chi connectivity index (χ0v) is 16.4. The lowest BCUT2D eigenvalue weighted by atomic mass is 10.0. The van der Waals surface area contributed by atoms with Crippen LogP contribution in [0.4, 0.5) is 0 Å². The van der Waals surface area contributed by atoms with Crippen molar-refractivity contribution >= 4 is 27.9 Å². The Kier molecular flexibility index (Phi) is 5.47. The van der Waals surface area contributed by atoms with Crippen LogP contribution < -0.4 is 10.4 Å². The molecule has 3 aromatic rings. The van der Waals surface area contributed by atoms with E-state index in [4.69, 9.17) is 18.3 Å². The third-order valence-corrected chi connectivity index (χ3v) is 4.30. The molecule has 0 amide bonds. The van der Waals surface area contributed by atoms with Gasteiger partial charge in [0.1, 0.15) is 6.61 Å². The zero-order chi connectivity index (χ0) is 20.5. The van der Waals surface area contributed by atoms with Gasteiger partial charge in [0.15, 0.2) is 17.3 Å². The van der Waals surface area contributed by atoms with E-state index in [0.717, 1.165) is 5.39 Å². The Morgan fingerprint density at radius 2 is 1.89 bits per heavy atom. The molecule has 7 heteroatoms. The zero-order valence-electron chi connectivity index (χ0n) is 16.4. The van der Waals surface area contributed by atoms with Gasteiger partial charge in [-0.1, -0.05) is 13.8 Å². The van der Waals surface area contributed by atoms with E-state index in [0.29, 0.717) is 11.0 Å². The Labute approximate surface area is 161 Å². The van der Waals surface area contributed by atoms with Gasteiger partial charge >= 0.3 is 11.6 Å². The minimum Gasteiger partial charge on any atom is -0.482 e. The molecule has 2 aromatic heterocycles. The second-order valence-corrected chi connectivity index (χ2v) is 7.76. The Bertz CT molecular complexity index is 1040. The maximum Gasteiger partial charge on any atom is 0.336 e. The summed E-state index contributed by atoms with van der Waals surface area (Å²) >= 11 is 0. The molecule has 0 spiro atoms. The molecule has 28 heavy (non-hydrogen) atoms. The molecule has 3 rings (SSSR count). The SMILES string of the molecule is CC(C)CC(=O)O[C@H](COc1c2occc2cc2ccc(=O)oc12)C(C)(C)O. The van der Waals surface area contributed by atoms with Crippen LogP contribution in [0.25, 0.3) is 21.9 Å². The van der Waals surface area contributed by atoms with E-state index in [9.17, 15) is 14.7 Å². The number of rotatable bonds is 7. The number of esters is 1. The number of carbonyl (C=O) groups is 1. The molecule has 150 valence electrons. The highest BCUT2D eigenvalue weighted by atomic mass is 16.6. The van der Waals surface area contributed by atoms with Gasteiger partial charge in [-0.05, 0) is 38.0 Å². The van der Waals surface area contributed by atoms with E-state index < -0.39 is 23.3 Å². The average Bonchev–Trinajstić information content (AvgIpc) is 3.04. The normalized spacial score (nSPS) is 13.2. The summed E-state index contributed by atoms with van der Waals surface area (Å²) < 4.78 is 22.1. The fourth-order valence-electron chi connectivity index (χ4n) is 2.82. The van der Waals surface area contributed by atoms with Gasteiger partial charge in [-0.15, -0.1) is 0 Å². The van der Waals surface area contributed by atoms with Crippen molar-refractivity contribution in [2.75, 3.05) is 6.61 Å². The van der Waals surface area contributed by atoms with Gasteiger partial charge in [0.25, 0.3) is 0 Å².